The molecule has 1 saturated carbocycles. The number of hydrogen-bond donors (Lipinski definition) is 1. The van der Waals surface area contributed by atoms with Gasteiger partial charge in [-0.25, -0.2) is 4.98 Å². The molecule has 4 nitrogen and oxygen atoms in total. The number of hydrogen-bond acceptors (Lipinski definition) is 4. The first-order valence-corrected chi connectivity index (χ1v) is 7.58. The van der Waals surface area contributed by atoms with Crippen molar-refractivity contribution in [3.63, 3.8) is 0 Å². The van der Waals surface area contributed by atoms with E-state index in [4.69, 9.17) is 0 Å². The van der Waals surface area contributed by atoms with Gasteiger partial charge in [-0.15, -0.1) is 0 Å². The van der Waals surface area contributed by atoms with Crippen molar-refractivity contribution >= 4 is 11.8 Å². The van der Waals surface area contributed by atoms with Gasteiger partial charge in [0.05, 0.1) is 0 Å². The maximum absolute atomic E-state index is 4.66. The van der Waals surface area contributed by atoms with Crippen molar-refractivity contribution in [1.29, 1.82) is 0 Å². The van der Waals surface area contributed by atoms with Gasteiger partial charge in [0, 0.05) is 31.4 Å². The first-order valence-electron chi connectivity index (χ1n) is 7.58. The Bertz CT molecular complexity index is 440. The lowest BCUT2D eigenvalue weighted by Crippen LogP contribution is -2.35. The lowest BCUT2D eigenvalue weighted by molar-refractivity contribution is 0.429. The van der Waals surface area contributed by atoms with E-state index in [9.17, 15) is 0 Å². The largest absolute Gasteiger partial charge is 0.357 e. The molecule has 1 unspecified atom stereocenters. The van der Waals surface area contributed by atoms with Crippen LogP contribution >= 0.6 is 0 Å². The van der Waals surface area contributed by atoms with Crippen molar-refractivity contribution in [2.24, 2.45) is 5.92 Å². The van der Waals surface area contributed by atoms with Crippen molar-refractivity contribution in [3.8, 4) is 0 Å². The molecule has 1 N–H and O–H groups in total. The predicted octanol–water partition coefficient (Wildman–Crippen LogP) is 2.99. The molecule has 0 amide bonds. The van der Waals surface area contributed by atoms with Crippen molar-refractivity contribution < 1.29 is 0 Å². The SMILES string of the molecule is CNc1nc(C)cc(N2CCCC2C2CCCC2)n1. The van der Waals surface area contributed by atoms with E-state index in [0.717, 1.165) is 29.9 Å². The molecule has 0 radical (unpaired) electrons. The summed E-state index contributed by atoms with van der Waals surface area (Å²) in [5.41, 5.74) is 1.05. The fourth-order valence-corrected chi connectivity index (χ4v) is 3.72. The Balaban J connectivity index is 1.85. The molecule has 104 valence electrons. The summed E-state index contributed by atoms with van der Waals surface area (Å²) >= 11 is 0. The van der Waals surface area contributed by atoms with Crippen LogP contribution in [0.3, 0.4) is 0 Å². The molecule has 0 bridgehead atoms. The smallest absolute Gasteiger partial charge is 0.224 e. The van der Waals surface area contributed by atoms with E-state index in [1.165, 1.54) is 38.5 Å². The number of nitrogens with zero attached hydrogens (tertiary/aromatic N) is 3. The highest BCUT2D eigenvalue weighted by Gasteiger charge is 2.34. The Morgan fingerprint density at radius 2 is 1.95 bits per heavy atom. The second kappa shape index (κ2) is 5.35. The molecule has 2 aliphatic rings. The molecule has 1 aromatic heterocycles. The molecule has 19 heavy (non-hydrogen) atoms. The molecule has 0 spiro atoms. The molecule has 2 fully saturated rings. The quantitative estimate of drug-likeness (QED) is 0.907. The van der Waals surface area contributed by atoms with Crippen LogP contribution in [0.5, 0.6) is 0 Å². The Morgan fingerprint density at radius 3 is 2.68 bits per heavy atom. The third-order valence-electron chi connectivity index (χ3n) is 4.60. The summed E-state index contributed by atoms with van der Waals surface area (Å²) in [6, 6.07) is 2.84. The minimum atomic E-state index is 0.710. The molecular weight excluding hydrogens is 236 g/mol. The standard InChI is InChI=1S/C15H24N4/c1-11-10-14(18-15(16-2)17-11)19-9-5-8-13(19)12-6-3-4-7-12/h10,12-13H,3-9H2,1-2H3,(H,16,17,18). The summed E-state index contributed by atoms with van der Waals surface area (Å²) in [5, 5.41) is 3.07. The van der Waals surface area contributed by atoms with Gasteiger partial charge >= 0.3 is 0 Å². The van der Waals surface area contributed by atoms with Crippen LogP contribution in [0, 0.1) is 12.8 Å². The Hall–Kier alpha value is -1.32. The molecule has 1 aromatic rings. The van der Waals surface area contributed by atoms with Crippen LogP contribution in [0.1, 0.15) is 44.2 Å². The maximum atomic E-state index is 4.66. The minimum Gasteiger partial charge on any atom is -0.357 e. The fraction of sp³-hybridized carbons (Fsp3) is 0.733. The van der Waals surface area contributed by atoms with Gasteiger partial charge in [-0.05, 0) is 38.5 Å². The Kier molecular flexibility index (Phi) is 3.58. The van der Waals surface area contributed by atoms with Gasteiger partial charge in [-0.3, -0.25) is 0 Å². The van der Waals surface area contributed by atoms with Crippen molar-refractivity contribution in [2.45, 2.75) is 51.5 Å². The van der Waals surface area contributed by atoms with Gasteiger partial charge in [-0.2, -0.15) is 4.98 Å². The van der Waals surface area contributed by atoms with E-state index in [1.54, 1.807) is 0 Å². The highest BCUT2D eigenvalue weighted by molar-refractivity contribution is 5.46. The average Bonchev–Trinajstić information content (AvgIpc) is 3.08. The van der Waals surface area contributed by atoms with E-state index in [0.29, 0.717) is 6.04 Å². The molecule has 1 aliphatic heterocycles. The Morgan fingerprint density at radius 1 is 1.16 bits per heavy atom. The molecule has 0 aromatic carbocycles. The first kappa shape index (κ1) is 12.7. The normalized spacial score (nSPS) is 24.1. The van der Waals surface area contributed by atoms with E-state index in [2.05, 4.69) is 26.3 Å². The fourth-order valence-electron chi connectivity index (χ4n) is 3.72. The summed E-state index contributed by atoms with van der Waals surface area (Å²) in [6.07, 6.45) is 8.29. The van der Waals surface area contributed by atoms with Gasteiger partial charge in [0.1, 0.15) is 5.82 Å². The van der Waals surface area contributed by atoms with Crippen LogP contribution in [-0.4, -0.2) is 29.6 Å². The van der Waals surface area contributed by atoms with E-state index in [1.807, 2.05) is 14.0 Å². The molecular formula is C15H24N4. The van der Waals surface area contributed by atoms with Crippen molar-refractivity contribution in [2.75, 3.05) is 23.8 Å². The number of aromatic nitrogens is 2. The predicted molar refractivity (Wildman–Crippen MR) is 78.6 cm³/mol. The second-order valence-electron chi connectivity index (χ2n) is 5.89. The molecule has 1 saturated heterocycles. The number of rotatable bonds is 3. The van der Waals surface area contributed by atoms with Crippen LogP contribution in [0.15, 0.2) is 6.07 Å². The molecule has 4 heteroatoms. The summed E-state index contributed by atoms with van der Waals surface area (Å²) in [4.78, 5) is 11.6. The van der Waals surface area contributed by atoms with E-state index < -0.39 is 0 Å². The van der Waals surface area contributed by atoms with Gasteiger partial charge in [0.2, 0.25) is 5.95 Å². The number of nitrogens with one attached hydrogen (secondary N) is 1. The summed E-state index contributed by atoms with van der Waals surface area (Å²) < 4.78 is 0. The van der Waals surface area contributed by atoms with Gasteiger partial charge < -0.3 is 10.2 Å². The highest BCUT2D eigenvalue weighted by atomic mass is 15.3. The number of anilines is 2. The highest BCUT2D eigenvalue weighted by Crippen LogP contribution is 2.37. The lowest BCUT2D eigenvalue weighted by Gasteiger charge is -2.30. The monoisotopic (exact) mass is 260 g/mol. The third-order valence-corrected chi connectivity index (χ3v) is 4.60. The van der Waals surface area contributed by atoms with Crippen LogP contribution in [0.4, 0.5) is 11.8 Å². The summed E-state index contributed by atoms with van der Waals surface area (Å²) in [6.45, 7) is 3.20. The van der Waals surface area contributed by atoms with Crippen molar-refractivity contribution in [1.82, 2.24) is 9.97 Å². The van der Waals surface area contributed by atoms with Crippen LogP contribution < -0.4 is 10.2 Å². The zero-order valence-corrected chi connectivity index (χ0v) is 12.0. The van der Waals surface area contributed by atoms with E-state index >= 15 is 0 Å². The topological polar surface area (TPSA) is 41.1 Å². The van der Waals surface area contributed by atoms with Gasteiger partial charge in [0.15, 0.2) is 0 Å². The van der Waals surface area contributed by atoms with Crippen LogP contribution in [0.25, 0.3) is 0 Å². The summed E-state index contributed by atoms with van der Waals surface area (Å²) in [7, 11) is 1.89. The van der Waals surface area contributed by atoms with Crippen LogP contribution in [0.2, 0.25) is 0 Å². The van der Waals surface area contributed by atoms with Crippen LogP contribution in [-0.2, 0) is 0 Å². The lowest BCUT2D eigenvalue weighted by atomic mass is 9.96. The Labute approximate surface area is 115 Å². The van der Waals surface area contributed by atoms with Gasteiger partial charge in [-0.1, -0.05) is 12.8 Å². The maximum Gasteiger partial charge on any atom is 0.224 e. The first-order chi connectivity index (χ1) is 9.28. The molecule has 3 rings (SSSR count). The second-order valence-corrected chi connectivity index (χ2v) is 5.89. The zero-order valence-electron chi connectivity index (χ0n) is 12.0. The average molecular weight is 260 g/mol. The number of aryl methyl sites for hydroxylation is 1. The summed E-state index contributed by atoms with van der Waals surface area (Å²) in [5.74, 6) is 2.74. The third kappa shape index (κ3) is 2.53. The molecule has 1 atom stereocenters. The van der Waals surface area contributed by atoms with Crippen molar-refractivity contribution in [3.05, 3.63) is 11.8 Å². The minimum absolute atomic E-state index is 0.710. The van der Waals surface area contributed by atoms with E-state index in [-0.39, 0.29) is 0 Å². The zero-order chi connectivity index (χ0) is 13.2. The molecule has 2 heterocycles. The molecule has 1 aliphatic carbocycles. The van der Waals surface area contributed by atoms with Gasteiger partial charge in [0.25, 0.3) is 0 Å².